The maximum absolute atomic E-state index is 13.8. The lowest BCUT2D eigenvalue weighted by Crippen LogP contribution is -2.45. The van der Waals surface area contributed by atoms with Crippen LogP contribution in [0.3, 0.4) is 0 Å². The minimum Gasteiger partial charge on any atom is -0.346 e. The largest absolute Gasteiger partial charge is 0.346 e. The van der Waals surface area contributed by atoms with Crippen LogP contribution in [0.2, 0.25) is 0 Å². The lowest BCUT2D eigenvalue weighted by molar-refractivity contribution is -0.122. The fraction of sp³-hybridized carbons (Fsp3) is 0.235. The first kappa shape index (κ1) is 18.2. The van der Waals surface area contributed by atoms with Gasteiger partial charge in [0.15, 0.2) is 0 Å². The summed E-state index contributed by atoms with van der Waals surface area (Å²) in [6, 6.07) is 1.32. The van der Waals surface area contributed by atoms with Crippen LogP contribution in [-0.4, -0.2) is 33.4 Å². The minimum atomic E-state index is -0.876. The van der Waals surface area contributed by atoms with E-state index in [0.29, 0.717) is 22.9 Å². The van der Waals surface area contributed by atoms with Crippen LogP contribution >= 0.6 is 0 Å². The number of hydrogen-bond donors (Lipinski definition) is 2. The van der Waals surface area contributed by atoms with E-state index in [1.165, 1.54) is 24.2 Å². The molecule has 0 aromatic carbocycles. The number of nitriles is 1. The van der Waals surface area contributed by atoms with Gasteiger partial charge in [-0.25, -0.2) is 13.6 Å². The molecule has 8 nitrogen and oxygen atoms in total. The molecule has 0 saturated heterocycles. The van der Waals surface area contributed by atoms with Crippen molar-refractivity contribution in [2.45, 2.75) is 19.5 Å². The van der Waals surface area contributed by atoms with Gasteiger partial charge >= 0.3 is 6.03 Å². The molecule has 1 aliphatic rings. The molecule has 0 fully saturated rings. The van der Waals surface area contributed by atoms with Crippen molar-refractivity contribution < 1.29 is 18.4 Å². The zero-order valence-electron chi connectivity index (χ0n) is 14.2. The lowest BCUT2D eigenvalue weighted by atomic mass is 10.1. The van der Waals surface area contributed by atoms with Crippen molar-refractivity contribution in [3.63, 3.8) is 0 Å². The fourth-order valence-corrected chi connectivity index (χ4v) is 2.72. The van der Waals surface area contributed by atoms with Crippen LogP contribution in [0.1, 0.15) is 29.8 Å². The van der Waals surface area contributed by atoms with E-state index < -0.39 is 29.6 Å². The summed E-state index contributed by atoms with van der Waals surface area (Å²) >= 11 is 0. The molecule has 0 aliphatic carbocycles. The molecule has 0 saturated carbocycles. The Morgan fingerprint density at radius 1 is 1.44 bits per heavy atom. The van der Waals surface area contributed by atoms with Crippen LogP contribution < -0.4 is 10.6 Å². The Bertz CT molecular complexity index is 959. The number of nitrogens with zero attached hydrogens (tertiary/aromatic N) is 4. The van der Waals surface area contributed by atoms with E-state index in [0.717, 1.165) is 6.20 Å². The third-order valence-corrected chi connectivity index (χ3v) is 4.01. The third-order valence-electron chi connectivity index (χ3n) is 4.01. The van der Waals surface area contributed by atoms with Crippen LogP contribution in [0.15, 0.2) is 24.7 Å². The number of rotatable bonds is 4. The quantitative estimate of drug-likeness (QED) is 0.851. The molecule has 1 atom stereocenters. The highest BCUT2D eigenvalue weighted by molar-refractivity contribution is 5.95. The Morgan fingerprint density at radius 3 is 2.93 bits per heavy atom. The molecule has 10 heteroatoms. The van der Waals surface area contributed by atoms with Crippen molar-refractivity contribution in [2.75, 3.05) is 11.9 Å². The standard InChI is InChI=1S/C17H14F2N6O2/c1-9(16-13(19)2-11(18)5-22-16)23-15(26)8-25-7-12-10(3-20)4-21-6-14(12)24-17(25)27/h2,4-6,9H,7-8H2,1H3,(H,23,26)(H,24,27)/t9-/m0/s1. The zero-order valence-corrected chi connectivity index (χ0v) is 14.2. The molecule has 3 heterocycles. The van der Waals surface area contributed by atoms with E-state index in [1.54, 1.807) is 0 Å². The Labute approximate surface area is 152 Å². The number of nitrogens with one attached hydrogen (secondary N) is 2. The molecule has 1 aliphatic heterocycles. The number of halogens is 2. The molecule has 0 spiro atoms. The van der Waals surface area contributed by atoms with Gasteiger partial charge in [-0.2, -0.15) is 5.26 Å². The molecule has 138 valence electrons. The molecule has 0 radical (unpaired) electrons. The SMILES string of the molecule is C[C@H](NC(=O)CN1Cc2c(C#N)cncc2NC1=O)c1ncc(F)cc1F. The van der Waals surface area contributed by atoms with Crippen LogP contribution in [0.5, 0.6) is 0 Å². The van der Waals surface area contributed by atoms with Crippen LogP contribution in [-0.2, 0) is 11.3 Å². The van der Waals surface area contributed by atoms with Gasteiger partial charge in [0.2, 0.25) is 5.91 Å². The van der Waals surface area contributed by atoms with Crippen molar-refractivity contribution >= 4 is 17.6 Å². The van der Waals surface area contributed by atoms with Gasteiger partial charge < -0.3 is 15.5 Å². The van der Waals surface area contributed by atoms with Crippen molar-refractivity contribution in [3.05, 3.63) is 53.1 Å². The van der Waals surface area contributed by atoms with Crippen LogP contribution in [0.25, 0.3) is 0 Å². The first-order chi connectivity index (χ1) is 12.9. The summed E-state index contributed by atoms with van der Waals surface area (Å²) in [5.41, 5.74) is 1.15. The molecular formula is C17H14F2N6O2. The number of anilines is 1. The molecule has 0 bridgehead atoms. The Kier molecular flexibility index (Phi) is 4.94. The van der Waals surface area contributed by atoms with E-state index in [2.05, 4.69) is 20.6 Å². The number of urea groups is 1. The Balaban J connectivity index is 1.69. The maximum Gasteiger partial charge on any atom is 0.322 e. The van der Waals surface area contributed by atoms with E-state index in [1.807, 2.05) is 6.07 Å². The van der Waals surface area contributed by atoms with E-state index in [9.17, 15) is 18.4 Å². The number of aromatic nitrogens is 2. The van der Waals surface area contributed by atoms with Gasteiger partial charge in [0, 0.05) is 17.8 Å². The van der Waals surface area contributed by atoms with Crippen molar-refractivity contribution in [1.29, 1.82) is 5.26 Å². The second kappa shape index (κ2) is 7.33. The van der Waals surface area contributed by atoms with Gasteiger partial charge in [-0.1, -0.05) is 0 Å². The second-order valence-electron chi connectivity index (χ2n) is 5.92. The number of carbonyl (C=O) groups excluding carboxylic acids is 2. The normalized spacial score (nSPS) is 14.0. The molecule has 2 N–H and O–H groups in total. The monoisotopic (exact) mass is 372 g/mol. The predicted molar refractivity (Wildman–Crippen MR) is 89.1 cm³/mol. The highest BCUT2D eigenvalue weighted by Gasteiger charge is 2.27. The summed E-state index contributed by atoms with van der Waals surface area (Å²) in [6.07, 6.45) is 3.66. The molecule has 3 amide bonds. The first-order valence-corrected chi connectivity index (χ1v) is 7.92. The second-order valence-corrected chi connectivity index (χ2v) is 5.92. The topological polar surface area (TPSA) is 111 Å². The number of fused-ring (bicyclic) bond motifs is 1. The average Bonchev–Trinajstić information content (AvgIpc) is 2.61. The summed E-state index contributed by atoms with van der Waals surface area (Å²) < 4.78 is 26.7. The number of amides is 3. The molecule has 2 aromatic heterocycles. The molecule has 0 unspecified atom stereocenters. The Morgan fingerprint density at radius 2 is 2.22 bits per heavy atom. The minimum absolute atomic E-state index is 0.0531. The van der Waals surface area contributed by atoms with Gasteiger partial charge in [0.1, 0.15) is 24.2 Å². The van der Waals surface area contributed by atoms with Crippen molar-refractivity contribution in [3.8, 4) is 6.07 Å². The summed E-state index contributed by atoms with van der Waals surface area (Å²) in [5, 5.41) is 14.2. The summed E-state index contributed by atoms with van der Waals surface area (Å²) in [6.45, 7) is 1.23. The van der Waals surface area contributed by atoms with Gasteiger partial charge in [-0.05, 0) is 6.92 Å². The zero-order chi connectivity index (χ0) is 19.6. The van der Waals surface area contributed by atoms with E-state index in [4.69, 9.17) is 5.26 Å². The highest BCUT2D eigenvalue weighted by Crippen LogP contribution is 2.25. The lowest BCUT2D eigenvalue weighted by Gasteiger charge is -2.29. The maximum atomic E-state index is 13.8. The van der Waals surface area contributed by atoms with Crippen LogP contribution in [0, 0.1) is 23.0 Å². The third kappa shape index (κ3) is 3.82. The van der Waals surface area contributed by atoms with Gasteiger partial charge in [0.25, 0.3) is 0 Å². The number of carbonyl (C=O) groups is 2. The summed E-state index contributed by atoms with van der Waals surface area (Å²) in [4.78, 5) is 33.1. The van der Waals surface area contributed by atoms with Gasteiger partial charge in [0.05, 0.1) is 41.9 Å². The Hall–Kier alpha value is -3.61. The smallest absolute Gasteiger partial charge is 0.322 e. The van der Waals surface area contributed by atoms with Gasteiger partial charge in [-0.3, -0.25) is 14.8 Å². The fourth-order valence-electron chi connectivity index (χ4n) is 2.72. The van der Waals surface area contributed by atoms with E-state index in [-0.39, 0.29) is 18.8 Å². The van der Waals surface area contributed by atoms with Crippen molar-refractivity contribution in [1.82, 2.24) is 20.2 Å². The highest BCUT2D eigenvalue weighted by atomic mass is 19.1. The average molecular weight is 372 g/mol. The number of hydrogen-bond acceptors (Lipinski definition) is 5. The summed E-state index contributed by atoms with van der Waals surface area (Å²) in [5.74, 6) is -2.25. The molecule has 3 rings (SSSR count). The summed E-state index contributed by atoms with van der Waals surface area (Å²) in [7, 11) is 0. The van der Waals surface area contributed by atoms with Crippen LogP contribution in [0.4, 0.5) is 19.3 Å². The van der Waals surface area contributed by atoms with E-state index >= 15 is 0 Å². The molecule has 27 heavy (non-hydrogen) atoms. The van der Waals surface area contributed by atoms with Gasteiger partial charge in [-0.15, -0.1) is 0 Å². The first-order valence-electron chi connectivity index (χ1n) is 7.92. The number of pyridine rings is 2. The molecular weight excluding hydrogens is 358 g/mol. The van der Waals surface area contributed by atoms with Crippen molar-refractivity contribution in [2.24, 2.45) is 0 Å². The predicted octanol–water partition coefficient (Wildman–Crippen LogP) is 1.85. The molecule has 2 aromatic rings.